The predicted molar refractivity (Wildman–Crippen MR) is 58.3 cm³/mol. The molecule has 0 unspecified atom stereocenters. The van der Waals surface area contributed by atoms with Crippen molar-refractivity contribution < 1.29 is 9.47 Å². The number of ether oxygens (including phenoxy) is 2. The van der Waals surface area contributed by atoms with Crippen LogP contribution in [0, 0.1) is 0 Å². The normalized spacial score (nSPS) is 27.1. The molecule has 14 heavy (non-hydrogen) atoms. The van der Waals surface area contributed by atoms with E-state index in [0.29, 0.717) is 0 Å². The molecule has 2 atom stereocenters. The van der Waals surface area contributed by atoms with Gasteiger partial charge in [0.05, 0.1) is 18.8 Å². The van der Waals surface area contributed by atoms with Crippen LogP contribution in [0.25, 0.3) is 0 Å². The Morgan fingerprint density at radius 1 is 1.36 bits per heavy atom. The number of hydrogen-bond donors (Lipinski definition) is 0. The zero-order chi connectivity index (χ0) is 10.2. The largest absolute Gasteiger partial charge is 0.375 e. The quantitative estimate of drug-likeness (QED) is 0.480. The molecule has 0 bridgehead atoms. The topological polar surface area (TPSA) is 18.5 Å². The smallest absolute Gasteiger partial charge is 0.0870 e. The molecule has 1 saturated heterocycles. The van der Waals surface area contributed by atoms with Crippen LogP contribution in [0.5, 0.6) is 0 Å². The molecule has 0 aromatic rings. The lowest BCUT2D eigenvalue weighted by Gasteiger charge is -2.31. The molecular formula is C12H20O2. The molecule has 2 nitrogen and oxygen atoms in total. The molecule has 1 heterocycles. The van der Waals surface area contributed by atoms with Crippen LogP contribution in [0.3, 0.4) is 0 Å². The van der Waals surface area contributed by atoms with Crippen molar-refractivity contribution in [2.75, 3.05) is 13.2 Å². The lowest BCUT2D eigenvalue weighted by molar-refractivity contribution is -0.102. The molecule has 1 rings (SSSR count). The summed E-state index contributed by atoms with van der Waals surface area (Å²) in [5.74, 6) is 0. The van der Waals surface area contributed by atoms with E-state index in [0.717, 1.165) is 38.9 Å². The van der Waals surface area contributed by atoms with Gasteiger partial charge >= 0.3 is 0 Å². The highest BCUT2D eigenvalue weighted by Gasteiger charge is 2.25. The molecule has 0 N–H and O–H groups in total. The molecule has 0 saturated carbocycles. The minimum atomic E-state index is 0.214. The van der Waals surface area contributed by atoms with E-state index in [1.54, 1.807) is 0 Å². The summed E-state index contributed by atoms with van der Waals surface area (Å²) < 4.78 is 11.4. The minimum absolute atomic E-state index is 0.214. The lowest BCUT2D eigenvalue weighted by atomic mass is 10.0. The molecule has 0 radical (unpaired) electrons. The van der Waals surface area contributed by atoms with Gasteiger partial charge in [-0.15, -0.1) is 13.2 Å². The molecule has 2 heteroatoms. The first-order valence-corrected chi connectivity index (χ1v) is 5.33. The van der Waals surface area contributed by atoms with Crippen LogP contribution in [-0.4, -0.2) is 25.4 Å². The van der Waals surface area contributed by atoms with E-state index in [1.807, 2.05) is 12.2 Å². The molecule has 80 valence electrons. The van der Waals surface area contributed by atoms with Gasteiger partial charge in [0.15, 0.2) is 0 Å². The standard InChI is InChI=1S/C12H20O2/c1-3-5-9-13-12-8-6-10-14-11(12)7-4-2/h3-4,11-12H,1-2,5-10H2/t11-,12+/m1/s1. The maximum atomic E-state index is 5.74. The van der Waals surface area contributed by atoms with Crippen molar-refractivity contribution in [2.45, 2.75) is 37.9 Å². The number of rotatable bonds is 6. The van der Waals surface area contributed by atoms with Crippen LogP contribution >= 0.6 is 0 Å². The fraction of sp³-hybridized carbons (Fsp3) is 0.667. The Hall–Kier alpha value is -0.600. The second kappa shape index (κ2) is 6.80. The maximum absolute atomic E-state index is 5.74. The first kappa shape index (κ1) is 11.5. The molecule has 1 aliphatic rings. The average molecular weight is 196 g/mol. The molecular weight excluding hydrogens is 176 g/mol. The van der Waals surface area contributed by atoms with E-state index in [2.05, 4.69) is 13.2 Å². The highest BCUT2D eigenvalue weighted by atomic mass is 16.5. The Balaban J connectivity index is 2.29. The Kier molecular flexibility index (Phi) is 5.57. The Labute approximate surface area is 86.6 Å². The summed E-state index contributed by atoms with van der Waals surface area (Å²) in [4.78, 5) is 0. The van der Waals surface area contributed by atoms with Crippen molar-refractivity contribution in [3.05, 3.63) is 25.3 Å². The van der Waals surface area contributed by atoms with Crippen LogP contribution in [0.1, 0.15) is 25.7 Å². The summed E-state index contributed by atoms with van der Waals surface area (Å²) in [7, 11) is 0. The third kappa shape index (κ3) is 3.64. The maximum Gasteiger partial charge on any atom is 0.0870 e. The Bertz CT molecular complexity index is 177. The van der Waals surface area contributed by atoms with Gasteiger partial charge in [0.2, 0.25) is 0 Å². The van der Waals surface area contributed by atoms with Crippen molar-refractivity contribution in [3.8, 4) is 0 Å². The summed E-state index contributed by atoms with van der Waals surface area (Å²) in [5, 5.41) is 0. The lowest BCUT2D eigenvalue weighted by Crippen LogP contribution is -2.36. The van der Waals surface area contributed by atoms with Gasteiger partial charge in [-0.3, -0.25) is 0 Å². The highest BCUT2D eigenvalue weighted by molar-refractivity contribution is 4.82. The van der Waals surface area contributed by atoms with Gasteiger partial charge in [-0.05, 0) is 25.7 Å². The van der Waals surface area contributed by atoms with Crippen LogP contribution in [-0.2, 0) is 9.47 Å². The van der Waals surface area contributed by atoms with Gasteiger partial charge in [-0.25, -0.2) is 0 Å². The molecule has 1 fully saturated rings. The predicted octanol–water partition coefficient (Wildman–Crippen LogP) is 2.70. The zero-order valence-corrected chi connectivity index (χ0v) is 8.78. The second-order valence-electron chi connectivity index (χ2n) is 3.56. The summed E-state index contributed by atoms with van der Waals surface area (Å²) >= 11 is 0. The van der Waals surface area contributed by atoms with E-state index < -0.39 is 0 Å². The van der Waals surface area contributed by atoms with Crippen LogP contribution in [0.4, 0.5) is 0 Å². The highest BCUT2D eigenvalue weighted by Crippen LogP contribution is 2.20. The van der Waals surface area contributed by atoms with Crippen molar-refractivity contribution in [2.24, 2.45) is 0 Å². The Morgan fingerprint density at radius 3 is 2.93 bits per heavy atom. The van der Waals surface area contributed by atoms with Gasteiger partial charge in [0.1, 0.15) is 0 Å². The van der Waals surface area contributed by atoms with Crippen LogP contribution in [0.2, 0.25) is 0 Å². The van der Waals surface area contributed by atoms with Gasteiger partial charge in [-0.1, -0.05) is 12.2 Å². The van der Waals surface area contributed by atoms with Crippen LogP contribution in [0.15, 0.2) is 25.3 Å². The van der Waals surface area contributed by atoms with Gasteiger partial charge < -0.3 is 9.47 Å². The van der Waals surface area contributed by atoms with Gasteiger partial charge in [-0.2, -0.15) is 0 Å². The first-order valence-electron chi connectivity index (χ1n) is 5.33. The summed E-state index contributed by atoms with van der Waals surface area (Å²) in [5.41, 5.74) is 0. The van der Waals surface area contributed by atoms with Gasteiger partial charge in [0, 0.05) is 6.61 Å². The van der Waals surface area contributed by atoms with Crippen molar-refractivity contribution in [1.82, 2.24) is 0 Å². The SMILES string of the molecule is C=CCCO[C@H]1CCCO[C@@H]1CC=C. The van der Waals surface area contributed by atoms with Crippen molar-refractivity contribution >= 4 is 0 Å². The fourth-order valence-corrected chi connectivity index (χ4v) is 1.69. The summed E-state index contributed by atoms with van der Waals surface area (Å²) in [6, 6.07) is 0. The molecule has 0 aromatic carbocycles. The monoisotopic (exact) mass is 196 g/mol. The van der Waals surface area contributed by atoms with Crippen molar-refractivity contribution in [3.63, 3.8) is 0 Å². The van der Waals surface area contributed by atoms with E-state index in [-0.39, 0.29) is 12.2 Å². The molecule has 0 aromatic heterocycles. The fourth-order valence-electron chi connectivity index (χ4n) is 1.69. The van der Waals surface area contributed by atoms with Crippen molar-refractivity contribution in [1.29, 1.82) is 0 Å². The summed E-state index contributed by atoms with van der Waals surface area (Å²) in [6.45, 7) is 9.02. The molecule has 0 amide bonds. The third-order valence-corrected chi connectivity index (χ3v) is 2.43. The third-order valence-electron chi connectivity index (χ3n) is 2.43. The van der Waals surface area contributed by atoms with E-state index >= 15 is 0 Å². The van der Waals surface area contributed by atoms with E-state index in [4.69, 9.17) is 9.47 Å². The van der Waals surface area contributed by atoms with Crippen LogP contribution < -0.4 is 0 Å². The van der Waals surface area contributed by atoms with E-state index in [9.17, 15) is 0 Å². The average Bonchev–Trinajstić information content (AvgIpc) is 2.21. The molecule has 0 spiro atoms. The molecule has 1 aliphatic heterocycles. The number of hydrogen-bond acceptors (Lipinski definition) is 2. The second-order valence-corrected chi connectivity index (χ2v) is 3.56. The van der Waals surface area contributed by atoms with E-state index in [1.165, 1.54) is 0 Å². The Morgan fingerprint density at radius 2 is 2.21 bits per heavy atom. The minimum Gasteiger partial charge on any atom is -0.375 e. The zero-order valence-electron chi connectivity index (χ0n) is 8.78. The summed E-state index contributed by atoms with van der Waals surface area (Å²) in [6.07, 6.45) is 8.26. The van der Waals surface area contributed by atoms with Gasteiger partial charge in [0.25, 0.3) is 0 Å². The first-order chi connectivity index (χ1) is 6.88. The molecule has 0 aliphatic carbocycles.